The Balaban J connectivity index is 2.30. The summed E-state index contributed by atoms with van der Waals surface area (Å²) in [6.07, 6.45) is 3.11. The molecule has 94 valence electrons. The Bertz CT molecular complexity index is 353. The Labute approximate surface area is 99.8 Å². The number of nitrogens with zero attached hydrogens (tertiary/aromatic N) is 2. The van der Waals surface area contributed by atoms with Crippen molar-refractivity contribution in [3.8, 4) is 0 Å². The van der Waals surface area contributed by atoms with E-state index in [9.17, 15) is 10.1 Å². The number of aliphatic hydroxyl groups is 1. The molecular formula is C11H17N3O3. The largest absolute Gasteiger partial charge is 0.396 e. The van der Waals surface area contributed by atoms with Crippen molar-refractivity contribution >= 4 is 11.5 Å². The summed E-state index contributed by atoms with van der Waals surface area (Å²) >= 11 is 0. The zero-order valence-electron chi connectivity index (χ0n) is 9.80. The van der Waals surface area contributed by atoms with Gasteiger partial charge in [0, 0.05) is 19.2 Å². The molecule has 0 aliphatic rings. The molecule has 0 saturated carbocycles. The zero-order valence-corrected chi connectivity index (χ0v) is 9.80. The van der Waals surface area contributed by atoms with Gasteiger partial charge in [0.25, 0.3) is 5.69 Å². The van der Waals surface area contributed by atoms with Crippen LogP contribution in [0.25, 0.3) is 0 Å². The van der Waals surface area contributed by atoms with E-state index in [1.54, 1.807) is 6.07 Å². The van der Waals surface area contributed by atoms with Crippen molar-refractivity contribution in [1.82, 2.24) is 4.98 Å². The van der Waals surface area contributed by atoms with Crippen molar-refractivity contribution in [2.24, 2.45) is 5.92 Å². The van der Waals surface area contributed by atoms with Gasteiger partial charge in [0.15, 0.2) is 0 Å². The molecule has 1 heterocycles. The second-order valence-electron chi connectivity index (χ2n) is 4.02. The Morgan fingerprint density at radius 2 is 2.35 bits per heavy atom. The average Bonchev–Trinajstić information content (AvgIpc) is 2.34. The molecule has 0 amide bonds. The average molecular weight is 239 g/mol. The van der Waals surface area contributed by atoms with Crippen LogP contribution in [-0.4, -0.2) is 28.2 Å². The fourth-order valence-corrected chi connectivity index (χ4v) is 1.36. The highest BCUT2D eigenvalue weighted by Crippen LogP contribution is 2.12. The minimum absolute atomic E-state index is 0.00977. The Hall–Kier alpha value is -1.69. The van der Waals surface area contributed by atoms with Crippen LogP contribution in [0.2, 0.25) is 0 Å². The van der Waals surface area contributed by atoms with Crippen LogP contribution in [0.1, 0.15) is 19.8 Å². The van der Waals surface area contributed by atoms with Gasteiger partial charge in [-0.25, -0.2) is 4.98 Å². The van der Waals surface area contributed by atoms with Crippen molar-refractivity contribution in [1.29, 1.82) is 0 Å². The first-order chi connectivity index (χ1) is 8.13. The van der Waals surface area contributed by atoms with Gasteiger partial charge in [-0.3, -0.25) is 10.1 Å². The first-order valence-electron chi connectivity index (χ1n) is 5.58. The van der Waals surface area contributed by atoms with E-state index in [4.69, 9.17) is 5.11 Å². The third-order valence-corrected chi connectivity index (χ3v) is 2.45. The number of hydrogen-bond donors (Lipinski definition) is 2. The molecule has 0 aliphatic carbocycles. The van der Waals surface area contributed by atoms with Crippen LogP contribution in [0.15, 0.2) is 18.3 Å². The van der Waals surface area contributed by atoms with Crippen molar-refractivity contribution in [3.63, 3.8) is 0 Å². The molecule has 6 heteroatoms. The minimum Gasteiger partial charge on any atom is -0.396 e. The van der Waals surface area contributed by atoms with E-state index < -0.39 is 4.92 Å². The molecule has 1 atom stereocenters. The predicted octanol–water partition coefficient (Wildman–Crippen LogP) is 1.81. The van der Waals surface area contributed by atoms with E-state index in [0.717, 1.165) is 19.4 Å². The van der Waals surface area contributed by atoms with Gasteiger partial charge in [-0.1, -0.05) is 6.92 Å². The lowest BCUT2D eigenvalue weighted by Crippen LogP contribution is -2.07. The number of rotatable bonds is 7. The maximum Gasteiger partial charge on any atom is 0.287 e. The normalized spacial score (nSPS) is 12.1. The number of aromatic nitrogens is 1. The van der Waals surface area contributed by atoms with Crippen molar-refractivity contribution in [2.45, 2.75) is 19.8 Å². The van der Waals surface area contributed by atoms with Gasteiger partial charge in [-0.2, -0.15) is 0 Å². The van der Waals surface area contributed by atoms with Gasteiger partial charge in [-0.05, 0) is 24.8 Å². The van der Waals surface area contributed by atoms with E-state index in [0.29, 0.717) is 11.7 Å². The van der Waals surface area contributed by atoms with Gasteiger partial charge < -0.3 is 10.4 Å². The summed E-state index contributed by atoms with van der Waals surface area (Å²) in [4.78, 5) is 13.9. The molecule has 1 unspecified atom stereocenters. The quantitative estimate of drug-likeness (QED) is 0.430. The second kappa shape index (κ2) is 6.80. The molecule has 6 nitrogen and oxygen atoms in total. The molecule has 0 spiro atoms. The molecule has 0 radical (unpaired) electrons. The standard InChI is InChI=1S/C11H17N3O3/c1-9(8-15)3-2-6-12-11-5-4-10(7-13-11)14(16)17/h4-5,7,9,15H,2-3,6,8H2,1H3,(H,12,13). The van der Waals surface area contributed by atoms with Gasteiger partial charge in [0.05, 0.1) is 4.92 Å². The number of nitro groups is 1. The maximum atomic E-state index is 10.4. The molecule has 0 aliphatic heterocycles. The monoisotopic (exact) mass is 239 g/mol. The first-order valence-corrected chi connectivity index (χ1v) is 5.58. The third-order valence-electron chi connectivity index (χ3n) is 2.45. The van der Waals surface area contributed by atoms with E-state index in [1.165, 1.54) is 12.3 Å². The molecule has 1 rings (SSSR count). The topological polar surface area (TPSA) is 88.3 Å². The fourth-order valence-electron chi connectivity index (χ4n) is 1.36. The van der Waals surface area contributed by atoms with Gasteiger partial charge in [-0.15, -0.1) is 0 Å². The molecule has 0 saturated heterocycles. The summed E-state index contributed by atoms with van der Waals surface area (Å²) in [5, 5.41) is 22.3. The van der Waals surface area contributed by atoms with Gasteiger partial charge in [0.1, 0.15) is 12.0 Å². The molecule has 0 fully saturated rings. The van der Waals surface area contributed by atoms with E-state index in [1.807, 2.05) is 6.92 Å². The molecule has 0 bridgehead atoms. The molecule has 0 aromatic carbocycles. The van der Waals surface area contributed by atoms with Crippen molar-refractivity contribution in [2.75, 3.05) is 18.5 Å². The van der Waals surface area contributed by atoms with Gasteiger partial charge in [0.2, 0.25) is 0 Å². The summed E-state index contributed by atoms with van der Waals surface area (Å²) < 4.78 is 0. The van der Waals surface area contributed by atoms with E-state index >= 15 is 0 Å². The maximum absolute atomic E-state index is 10.4. The molecule has 1 aromatic rings. The van der Waals surface area contributed by atoms with Crippen LogP contribution >= 0.6 is 0 Å². The van der Waals surface area contributed by atoms with Crippen LogP contribution in [0.4, 0.5) is 11.5 Å². The zero-order chi connectivity index (χ0) is 12.7. The van der Waals surface area contributed by atoms with Crippen LogP contribution in [0.3, 0.4) is 0 Å². The lowest BCUT2D eigenvalue weighted by Gasteiger charge is -2.08. The molecule has 2 N–H and O–H groups in total. The number of nitrogens with one attached hydrogen (secondary N) is 1. The van der Waals surface area contributed by atoms with E-state index in [2.05, 4.69) is 10.3 Å². The fraction of sp³-hybridized carbons (Fsp3) is 0.545. The van der Waals surface area contributed by atoms with E-state index in [-0.39, 0.29) is 12.3 Å². The summed E-state index contributed by atoms with van der Waals surface area (Å²) in [6.45, 7) is 2.94. The van der Waals surface area contributed by atoms with Crippen LogP contribution in [-0.2, 0) is 0 Å². The van der Waals surface area contributed by atoms with Crippen LogP contribution in [0.5, 0.6) is 0 Å². The summed E-state index contributed by atoms with van der Waals surface area (Å²) in [5.41, 5.74) is -0.00977. The van der Waals surface area contributed by atoms with Gasteiger partial charge >= 0.3 is 0 Å². The summed E-state index contributed by atoms with van der Waals surface area (Å²) in [6, 6.07) is 3.01. The Morgan fingerprint density at radius 1 is 1.59 bits per heavy atom. The number of aliphatic hydroxyl groups excluding tert-OH is 1. The third kappa shape index (κ3) is 4.78. The lowest BCUT2D eigenvalue weighted by molar-refractivity contribution is -0.385. The minimum atomic E-state index is -0.473. The predicted molar refractivity (Wildman–Crippen MR) is 64.9 cm³/mol. The first kappa shape index (κ1) is 13.4. The number of pyridine rings is 1. The highest BCUT2D eigenvalue weighted by atomic mass is 16.6. The molecule has 17 heavy (non-hydrogen) atoms. The van der Waals surface area contributed by atoms with Crippen LogP contribution < -0.4 is 5.32 Å². The lowest BCUT2D eigenvalue weighted by atomic mass is 10.1. The summed E-state index contributed by atoms with van der Waals surface area (Å²) in [7, 11) is 0. The molecule has 1 aromatic heterocycles. The number of hydrogen-bond acceptors (Lipinski definition) is 5. The summed E-state index contributed by atoms with van der Waals surface area (Å²) in [5.74, 6) is 0.939. The second-order valence-corrected chi connectivity index (χ2v) is 4.02. The number of anilines is 1. The smallest absolute Gasteiger partial charge is 0.287 e. The van der Waals surface area contributed by atoms with Crippen molar-refractivity contribution in [3.05, 3.63) is 28.4 Å². The van der Waals surface area contributed by atoms with Crippen LogP contribution in [0, 0.1) is 16.0 Å². The highest BCUT2D eigenvalue weighted by molar-refractivity contribution is 5.39. The van der Waals surface area contributed by atoms with Crippen molar-refractivity contribution < 1.29 is 10.0 Å². The molecular weight excluding hydrogens is 222 g/mol. The highest BCUT2D eigenvalue weighted by Gasteiger charge is 2.04. The Morgan fingerprint density at radius 3 is 2.88 bits per heavy atom. The SMILES string of the molecule is CC(CO)CCCNc1ccc([N+](=O)[O-])cn1. The Kier molecular flexibility index (Phi) is 5.35.